The van der Waals surface area contributed by atoms with E-state index < -0.39 is 17.8 Å². The van der Waals surface area contributed by atoms with Crippen LogP contribution in [0.15, 0.2) is 42.7 Å². The molecule has 3 rings (SSSR count). The zero-order chi connectivity index (χ0) is 15.7. The summed E-state index contributed by atoms with van der Waals surface area (Å²) in [7, 11) is 0. The second kappa shape index (κ2) is 5.17. The van der Waals surface area contributed by atoms with Crippen molar-refractivity contribution >= 4 is 0 Å². The number of aromatic nitrogens is 5. The zero-order valence-corrected chi connectivity index (χ0v) is 10.8. The molecule has 0 spiro atoms. The average Bonchev–Trinajstić information content (AvgIpc) is 2.94. The van der Waals surface area contributed by atoms with Crippen LogP contribution in [0, 0.1) is 5.82 Å². The molecule has 2 aromatic heterocycles. The predicted molar refractivity (Wildman–Crippen MR) is 67.3 cm³/mol. The third-order valence-corrected chi connectivity index (χ3v) is 2.70. The first-order valence-corrected chi connectivity index (χ1v) is 6.03. The minimum absolute atomic E-state index is 0.0650. The maximum Gasteiger partial charge on any atom is 0.453 e. The highest BCUT2D eigenvalue weighted by Gasteiger charge is 2.37. The van der Waals surface area contributed by atoms with Crippen molar-refractivity contribution in [2.45, 2.75) is 6.18 Å². The summed E-state index contributed by atoms with van der Waals surface area (Å²) in [6.45, 7) is 0. The van der Waals surface area contributed by atoms with Gasteiger partial charge < -0.3 is 0 Å². The summed E-state index contributed by atoms with van der Waals surface area (Å²) in [5.41, 5.74) is 0.261. The van der Waals surface area contributed by atoms with Gasteiger partial charge in [0.05, 0.1) is 0 Å². The minimum atomic E-state index is -4.71. The van der Waals surface area contributed by atoms with Crippen molar-refractivity contribution in [1.29, 1.82) is 0 Å². The SMILES string of the molecule is Fc1ccc(-c2nc(C(F)(F)F)nn2-c2ncccn2)cc1. The molecule has 0 bridgehead atoms. The van der Waals surface area contributed by atoms with Crippen LogP contribution in [0.2, 0.25) is 0 Å². The minimum Gasteiger partial charge on any atom is -0.220 e. The van der Waals surface area contributed by atoms with Crippen LogP contribution < -0.4 is 0 Å². The molecule has 0 aliphatic heterocycles. The number of rotatable bonds is 2. The van der Waals surface area contributed by atoms with Crippen LogP contribution in [0.1, 0.15) is 5.82 Å². The van der Waals surface area contributed by atoms with Crippen molar-refractivity contribution in [3.05, 3.63) is 54.4 Å². The largest absolute Gasteiger partial charge is 0.453 e. The quantitative estimate of drug-likeness (QED) is 0.683. The normalized spacial score (nSPS) is 11.6. The van der Waals surface area contributed by atoms with E-state index in [2.05, 4.69) is 20.1 Å². The molecular weight excluding hydrogens is 302 g/mol. The lowest BCUT2D eigenvalue weighted by Crippen LogP contribution is -2.09. The van der Waals surface area contributed by atoms with Gasteiger partial charge in [-0.15, -0.1) is 5.10 Å². The molecule has 0 atom stereocenters. The highest BCUT2D eigenvalue weighted by atomic mass is 19.4. The molecule has 9 heteroatoms. The fourth-order valence-corrected chi connectivity index (χ4v) is 1.76. The zero-order valence-electron chi connectivity index (χ0n) is 10.8. The second-order valence-corrected chi connectivity index (χ2v) is 4.22. The number of nitrogens with zero attached hydrogens (tertiary/aromatic N) is 5. The van der Waals surface area contributed by atoms with Crippen molar-refractivity contribution in [3.8, 4) is 17.3 Å². The Balaban J connectivity index is 2.19. The molecule has 0 aliphatic carbocycles. The van der Waals surface area contributed by atoms with Crippen molar-refractivity contribution in [3.63, 3.8) is 0 Å². The van der Waals surface area contributed by atoms with Crippen LogP contribution in [0.5, 0.6) is 0 Å². The van der Waals surface area contributed by atoms with Gasteiger partial charge in [-0.05, 0) is 30.3 Å². The average molecular weight is 309 g/mol. The second-order valence-electron chi connectivity index (χ2n) is 4.22. The van der Waals surface area contributed by atoms with Crippen molar-refractivity contribution in [1.82, 2.24) is 24.7 Å². The number of hydrogen-bond acceptors (Lipinski definition) is 4. The molecule has 0 saturated heterocycles. The lowest BCUT2D eigenvalue weighted by Gasteiger charge is -2.03. The van der Waals surface area contributed by atoms with Gasteiger partial charge in [-0.1, -0.05) is 0 Å². The van der Waals surface area contributed by atoms with Crippen LogP contribution in [-0.2, 0) is 6.18 Å². The van der Waals surface area contributed by atoms with Gasteiger partial charge in [0.2, 0.25) is 0 Å². The van der Waals surface area contributed by atoms with Crippen LogP contribution in [0.4, 0.5) is 17.6 Å². The summed E-state index contributed by atoms with van der Waals surface area (Å²) >= 11 is 0. The molecule has 22 heavy (non-hydrogen) atoms. The van der Waals surface area contributed by atoms with E-state index in [4.69, 9.17) is 0 Å². The summed E-state index contributed by atoms with van der Waals surface area (Å²) in [6.07, 6.45) is -1.98. The third-order valence-electron chi connectivity index (χ3n) is 2.70. The van der Waals surface area contributed by atoms with Gasteiger partial charge in [0.25, 0.3) is 11.8 Å². The maximum atomic E-state index is 13.0. The topological polar surface area (TPSA) is 56.5 Å². The Morgan fingerprint density at radius 2 is 1.59 bits per heavy atom. The molecule has 112 valence electrons. The highest BCUT2D eigenvalue weighted by Crippen LogP contribution is 2.29. The van der Waals surface area contributed by atoms with Gasteiger partial charge in [-0.25, -0.2) is 19.3 Å². The van der Waals surface area contributed by atoms with Gasteiger partial charge in [0.1, 0.15) is 5.82 Å². The van der Waals surface area contributed by atoms with Crippen LogP contribution in [0.3, 0.4) is 0 Å². The monoisotopic (exact) mass is 309 g/mol. The number of halogens is 4. The van der Waals surface area contributed by atoms with Gasteiger partial charge in [-0.2, -0.15) is 17.9 Å². The van der Waals surface area contributed by atoms with Gasteiger partial charge in [0, 0.05) is 18.0 Å². The van der Waals surface area contributed by atoms with Gasteiger partial charge in [0.15, 0.2) is 5.82 Å². The standard InChI is InChI=1S/C13H7F4N5/c14-9-4-2-8(3-5-9)10-20-11(13(15,16)17)21-22(10)12-18-6-1-7-19-12/h1-7H. The fraction of sp³-hybridized carbons (Fsp3) is 0.0769. The molecule has 5 nitrogen and oxygen atoms in total. The van der Waals surface area contributed by atoms with Crippen molar-refractivity contribution in [2.75, 3.05) is 0 Å². The molecule has 0 aliphatic rings. The first kappa shape index (κ1) is 14.1. The van der Waals surface area contributed by atoms with E-state index in [-0.39, 0.29) is 17.3 Å². The summed E-state index contributed by atoms with van der Waals surface area (Å²) in [5.74, 6) is -2.02. The van der Waals surface area contributed by atoms with Crippen LogP contribution >= 0.6 is 0 Å². The Morgan fingerprint density at radius 3 is 2.18 bits per heavy atom. The lowest BCUT2D eigenvalue weighted by atomic mass is 10.2. The van der Waals surface area contributed by atoms with Gasteiger partial charge in [-0.3, -0.25) is 0 Å². The first-order valence-electron chi connectivity index (χ1n) is 6.03. The van der Waals surface area contributed by atoms with E-state index in [1.165, 1.54) is 30.6 Å². The molecule has 3 aromatic rings. The Kier molecular flexibility index (Phi) is 3.32. The Bertz CT molecular complexity index is 780. The molecule has 1 aromatic carbocycles. The third kappa shape index (κ3) is 2.65. The molecule has 0 fully saturated rings. The van der Waals surface area contributed by atoms with E-state index in [1.54, 1.807) is 0 Å². The summed E-state index contributed by atoms with van der Waals surface area (Å²) in [5, 5.41) is 3.41. The molecule has 0 saturated carbocycles. The molecular formula is C13H7F4N5. The van der Waals surface area contributed by atoms with E-state index in [9.17, 15) is 17.6 Å². The number of hydrogen-bond donors (Lipinski definition) is 0. The maximum absolute atomic E-state index is 13.0. The Labute approximate surface area is 121 Å². The summed E-state index contributed by atoms with van der Waals surface area (Å²) < 4.78 is 52.4. The highest BCUT2D eigenvalue weighted by molar-refractivity contribution is 5.56. The van der Waals surface area contributed by atoms with Crippen molar-refractivity contribution < 1.29 is 17.6 Å². The number of alkyl halides is 3. The Hall–Kier alpha value is -2.84. The fourth-order valence-electron chi connectivity index (χ4n) is 1.76. The molecule has 0 N–H and O–H groups in total. The van der Waals surface area contributed by atoms with Gasteiger partial charge >= 0.3 is 6.18 Å². The molecule has 0 unspecified atom stereocenters. The predicted octanol–water partition coefficient (Wildman–Crippen LogP) is 2.88. The summed E-state index contributed by atoms with van der Waals surface area (Å²) in [6, 6.07) is 6.36. The molecule has 2 heterocycles. The first-order chi connectivity index (χ1) is 10.4. The van der Waals surface area contributed by atoms with Crippen molar-refractivity contribution in [2.24, 2.45) is 0 Å². The van der Waals surface area contributed by atoms with E-state index in [0.29, 0.717) is 0 Å². The lowest BCUT2D eigenvalue weighted by molar-refractivity contribution is -0.144. The molecule has 0 radical (unpaired) electrons. The smallest absolute Gasteiger partial charge is 0.220 e. The van der Waals surface area contributed by atoms with Crippen LogP contribution in [0.25, 0.3) is 17.3 Å². The van der Waals surface area contributed by atoms with E-state index in [1.807, 2.05) is 0 Å². The summed E-state index contributed by atoms with van der Waals surface area (Å²) in [4.78, 5) is 11.2. The van der Waals surface area contributed by atoms with E-state index >= 15 is 0 Å². The van der Waals surface area contributed by atoms with Crippen LogP contribution in [-0.4, -0.2) is 24.7 Å². The number of benzene rings is 1. The Morgan fingerprint density at radius 1 is 0.955 bits per heavy atom. The molecule has 0 amide bonds. The van der Waals surface area contributed by atoms with E-state index in [0.717, 1.165) is 16.8 Å².